The molecule has 2 atom stereocenters. The second kappa shape index (κ2) is 7.54. The third-order valence-electron chi connectivity index (χ3n) is 5.00. The molecule has 1 saturated carbocycles. The van der Waals surface area contributed by atoms with Gasteiger partial charge in [-0.05, 0) is 39.2 Å². The van der Waals surface area contributed by atoms with Gasteiger partial charge in [0.1, 0.15) is 11.9 Å². The van der Waals surface area contributed by atoms with Crippen LogP contribution in [0, 0.1) is 0 Å². The number of fused-ring (bicyclic) bond motifs is 1. The van der Waals surface area contributed by atoms with Gasteiger partial charge in [-0.15, -0.1) is 0 Å². The molecule has 2 aromatic heterocycles. The third-order valence-corrected chi connectivity index (χ3v) is 6.20. The first-order chi connectivity index (χ1) is 13.8. The number of sulfonamides is 1. The van der Waals surface area contributed by atoms with E-state index >= 15 is 0 Å². The topological polar surface area (TPSA) is 138 Å². The molecule has 0 bridgehead atoms. The number of aromatic nitrogens is 3. The van der Waals surface area contributed by atoms with Crippen LogP contribution < -0.4 is 15.4 Å². The van der Waals surface area contributed by atoms with Crippen LogP contribution in [0.15, 0.2) is 18.3 Å². The number of hydrogen-bond donors (Lipinski definition) is 4. The summed E-state index contributed by atoms with van der Waals surface area (Å²) < 4.78 is 31.6. The lowest BCUT2D eigenvalue weighted by molar-refractivity contribution is 0.0981. The van der Waals surface area contributed by atoms with Crippen LogP contribution in [0.1, 0.15) is 50.3 Å². The van der Waals surface area contributed by atoms with E-state index in [4.69, 9.17) is 4.74 Å². The fraction of sp³-hybridized carbons (Fsp3) is 0.500. The maximum atomic E-state index is 11.8. The summed E-state index contributed by atoms with van der Waals surface area (Å²) in [4.78, 5) is 16.0. The van der Waals surface area contributed by atoms with Crippen LogP contribution in [0.5, 0.6) is 0 Å². The summed E-state index contributed by atoms with van der Waals surface area (Å²) >= 11 is 0. The summed E-state index contributed by atoms with van der Waals surface area (Å²) in [7, 11) is -3.36. The number of H-pyrrole nitrogens is 1. The van der Waals surface area contributed by atoms with E-state index < -0.39 is 10.0 Å². The lowest BCUT2D eigenvalue weighted by atomic mass is 10.0. The van der Waals surface area contributed by atoms with Crippen molar-refractivity contribution in [2.45, 2.75) is 56.9 Å². The van der Waals surface area contributed by atoms with Gasteiger partial charge in [-0.2, -0.15) is 5.10 Å². The number of anilines is 3. The van der Waals surface area contributed by atoms with E-state index in [1.165, 1.54) is 0 Å². The molecule has 0 radical (unpaired) electrons. The monoisotopic (exact) mass is 420 g/mol. The third kappa shape index (κ3) is 4.44. The second-order valence-electron chi connectivity index (χ2n) is 7.72. The fourth-order valence-electron chi connectivity index (χ4n) is 3.72. The van der Waals surface area contributed by atoms with Crippen molar-refractivity contribution in [2.24, 2.45) is 0 Å². The highest BCUT2D eigenvalue weighted by molar-refractivity contribution is 7.92. The number of nitrogens with zero attached hydrogens (tertiary/aromatic N) is 2. The molecule has 1 fully saturated rings. The van der Waals surface area contributed by atoms with Crippen molar-refractivity contribution in [3.63, 3.8) is 0 Å². The smallest absolute Gasteiger partial charge is 0.407 e. The zero-order valence-electron chi connectivity index (χ0n) is 16.2. The molecular weight excluding hydrogens is 396 g/mol. The van der Waals surface area contributed by atoms with Gasteiger partial charge in [-0.3, -0.25) is 9.82 Å². The summed E-state index contributed by atoms with van der Waals surface area (Å²) in [5.41, 5.74) is 2.08. The lowest BCUT2D eigenvalue weighted by Crippen LogP contribution is -2.33. The Bertz CT molecular complexity index is 1020. The van der Waals surface area contributed by atoms with Crippen molar-refractivity contribution in [1.82, 2.24) is 20.5 Å². The van der Waals surface area contributed by atoms with Crippen LogP contribution in [-0.4, -0.2) is 41.8 Å². The van der Waals surface area contributed by atoms with E-state index in [0.717, 1.165) is 25.0 Å². The van der Waals surface area contributed by atoms with Crippen LogP contribution in [0.2, 0.25) is 0 Å². The first kappa shape index (κ1) is 19.5. The SMILES string of the molecule is CC(C)NC(=O)O[C@@H]1CC[C@H](c2cc(Nc3nccc4c3CS(=O)(=O)N4)n[nH]2)C1. The minimum absolute atomic E-state index is 0.0409. The van der Waals surface area contributed by atoms with Gasteiger partial charge < -0.3 is 15.4 Å². The highest BCUT2D eigenvalue weighted by Crippen LogP contribution is 2.37. The number of rotatable bonds is 5. The van der Waals surface area contributed by atoms with E-state index in [1.807, 2.05) is 19.9 Å². The minimum atomic E-state index is -3.36. The van der Waals surface area contributed by atoms with Gasteiger partial charge in [0.25, 0.3) is 0 Å². The van der Waals surface area contributed by atoms with E-state index in [1.54, 1.807) is 12.3 Å². The van der Waals surface area contributed by atoms with Crippen molar-refractivity contribution < 1.29 is 17.9 Å². The Hall–Kier alpha value is -2.82. The molecule has 0 unspecified atom stereocenters. The van der Waals surface area contributed by atoms with Gasteiger partial charge in [0.2, 0.25) is 10.0 Å². The van der Waals surface area contributed by atoms with Crippen molar-refractivity contribution >= 4 is 33.4 Å². The maximum Gasteiger partial charge on any atom is 0.407 e. The van der Waals surface area contributed by atoms with Gasteiger partial charge in [-0.25, -0.2) is 18.2 Å². The number of nitrogens with one attached hydrogen (secondary N) is 4. The number of ether oxygens (including phenoxy) is 1. The largest absolute Gasteiger partial charge is 0.446 e. The molecule has 3 heterocycles. The van der Waals surface area contributed by atoms with Gasteiger partial charge in [-0.1, -0.05) is 0 Å². The van der Waals surface area contributed by atoms with E-state index in [-0.39, 0.29) is 29.9 Å². The number of hydrogen-bond acceptors (Lipinski definition) is 7. The Kier molecular flexibility index (Phi) is 5.07. The highest BCUT2D eigenvalue weighted by atomic mass is 32.2. The number of aromatic amines is 1. The van der Waals surface area contributed by atoms with Crippen molar-refractivity contribution in [3.05, 3.63) is 29.6 Å². The van der Waals surface area contributed by atoms with Crippen LogP contribution in [0.4, 0.5) is 22.1 Å². The second-order valence-corrected chi connectivity index (χ2v) is 9.44. The number of carbonyl (C=O) groups is 1. The molecule has 0 spiro atoms. The fourth-order valence-corrected chi connectivity index (χ4v) is 4.99. The Balaban J connectivity index is 1.39. The molecule has 4 rings (SSSR count). The summed E-state index contributed by atoms with van der Waals surface area (Å²) in [6.07, 6.45) is 3.47. The molecule has 1 amide bonds. The minimum Gasteiger partial charge on any atom is -0.446 e. The Morgan fingerprint density at radius 3 is 2.97 bits per heavy atom. The van der Waals surface area contributed by atoms with Gasteiger partial charge in [0, 0.05) is 35.5 Å². The van der Waals surface area contributed by atoms with E-state index in [0.29, 0.717) is 22.9 Å². The molecule has 1 aliphatic heterocycles. The zero-order chi connectivity index (χ0) is 20.6. The molecule has 29 heavy (non-hydrogen) atoms. The molecule has 2 aliphatic rings. The first-order valence-corrected chi connectivity index (χ1v) is 11.2. The van der Waals surface area contributed by atoms with Crippen LogP contribution in [0.3, 0.4) is 0 Å². The lowest BCUT2D eigenvalue weighted by Gasteiger charge is -2.14. The molecule has 0 aromatic carbocycles. The quantitative estimate of drug-likeness (QED) is 0.583. The predicted molar refractivity (Wildman–Crippen MR) is 107 cm³/mol. The molecule has 156 valence electrons. The van der Waals surface area contributed by atoms with Crippen molar-refractivity contribution in [3.8, 4) is 0 Å². The summed E-state index contributed by atoms with van der Waals surface area (Å²) in [5.74, 6) is 1.13. The molecular formula is C18H24N6O4S. The van der Waals surface area contributed by atoms with Crippen LogP contribution in [0.25, 0.3) is 0 Å². The Labute approximate surface area is 168 Å². The standard InChI is InChI=1S/C18H24N6O4S/c1-10(2)20-18(25)28-12-4-3-11(7-12)15-8-16(23-22-15)21-17-13-9-29(26,27)24-14(13)5-6-19-17/h5-6,8,10-12,24H,3-4,7,9H2,1-2H3,(H,20,25)(H2,19,21,22,23)/t11-,12+/m0/s1. The average molecular weight is 420 g/mol. The molecule has 2 aromatic rings. The predicted octanol–water partition coefficient (Wildman–Crippen LogP) is 2.57. The maximum absolute atomic E-state index is 11.8. The average Bonchev–Trinajstić information content (AvgIpc) is 3.32. The van der Waals surface area contributed by atoms with Gasteiger partial charge in [0.05, 0.1) is 11.4 Å². The number of amides is 1. The normalized spacial score (nSPS) is 22.2. The Morgan fingerprint density at radius 1 is 1.34 bits per heavy atom. The summed E-state index contributed by atoms with van der Waals surface area (Å²) in [6, 6.07) is 3.56. The van der Waals surface area contributed by atoms with Gasteiger partial charge >= 0.3 is 6.09 Å². The van der Waals surface area contributed by atoms with Crippen molar-refractivity contribution in [1.29, 1.82) is 0 Å². The van der Waals surface area contributed by atoms with Crippen molar-refractivity contribution in [2.75, 3.05) is 10.0 Å². The number of carbonyl (C=O) groups excluding carboxylic acids is 1. The summed E-state index contributed by atoms with van der Waals surface area (Å²) in [6.45, 7) is 3.78. The highest BCUT2D eigenvalue weighted by Gasteiger charge is 2.31. The molecule has 4 N–H and O–H groups in total. The van der Waals surface area contributed by atoms with Crippen LogP contribution in [-0.2, 0) is 20.5 Å². The van der Waals surface area contributed by atoms with Gasteiger partial charge in [0.15, 0.2) is 5.82 Å². The molecule has 11 heteroatoms. The van der Waals surface area contributed by atoms with Crippen LogP contribution >= 0.6 is 0 Å². The number of pyridine rings is 1. The van der Waals surface area contributed by atoms with E-state index in [2.05, 4.69) is 30.5 Å². The zero-order valence-corrected chi connectivity index (χ0v) is 17.0. The number of alkyl carbamates (subject to hydrolysis) is 1. The molecule has 10 nitrogen and oxygen atoms in total. The molecule has 0 saturated heterocycles. The Morgan fingerprint density at radius 2 is 2.17 bits per heavy atom. The summed E-state index contributed by atoms with van der Waals surface area (Å²) in [5, 5.41) is 13.1. The first-order valence-electron chi connectivity index (χ1n) is 9.57. The van der Waals surface area contributed by atoms with E-state index in [9.17, 15) is 13.2 Å². The molecule has 1 aliphatic carbocycles.